The molecule has 36 heavy (non-hydrogen) atoms. The van der Waals surface area contributed by atoms with E-state index in [0.717, 1.165) is 18.6 Å². The van der Waals surface area contributed by atoms with Gasteiger partial charge in [-0.2, -0.15) is 4.31 Å². The minimum atomic E-state index is -3.98. The number of benzene rings is 2. The number of sulfonamides is 1. The van der Waals surface area contributed by atoms with Gasteiger partial charge in [0.2, 0.25) is 15.9 Å². The van der Waals surface area contributed by atoms with Crippen molar-refractivity contribution >= 4 is 33.8 Å². The molecule has 2 aromatic carbocycles. The van der Waals surface area contributed by atoms with Crippen LogP contribution in [0.5, 0.6) is 0 Å². The van der Waals surface area contributed by atoms with E-state index in [1.54, 1.807) is 0 Å². The van der Waals surface area contributed by atoms with Gasteiger partial charge in [-0.25, -0.2) is 17.2 Å². The molecule has 0 saturated carbocycles. The van der Waals surface area contributed by atoms with Crippen LogP contribution in [-0.2, 0) is 21.2 Å². The topological polar surface area (TPSA) is 92.5 Å². The number of aromatic nitrogens is 1. The third-order valence-corrected chi connectivity index (χ3v) is 8.32. The van der Waals surface area contributed by atoms with E-state index in [1.165, 1.54) is 35.0 Å². The summed E-state index contributed by atoms with van der Waals surface area (Å²) < 4.78 is 60.4. The number of carbonyl (C=O) groups is 1. The zero-order valence-corrected chi connectivity index (χ0v) is 20.8. The summed E-state index contributed by atoms with van der Waals surface area (Å²) in [6.07, 6.45) is 4.25. The highest BCUT2D eigenvalue weighted by Gasteiger charge is 2.36. The van der Waals surface area contributed by atoms with Crippen molar-refractivity contribution in [1.29, 1.82) is 0 Å². The predicted molar refractivity (Wildman–Crippen MR) is 132 cm³/mol. The molecule has 2 heterocycles. The zero-order chi connectivity index (χ0) is 25.9. The number of anilines is 1. The lowest BCUT2D eigenvalue weighted by Gasteiger charge is -2.30. The number of aryl methyl sites for hydroxylation is 2. The van der Waals surface area contributed by atoms with Crippen LogP contribution < -0.4 is 5.32 Å². The number of amides is 1. The van der Waals surface area contributed by atoms with Crippen molar-refractivity contribution in [2.45, 2.75) is 38.0 Å². The summed E-state index contributed by atoms with van der Waals surface area (Å²) >= 11 is 0. The van der Waals surface area contributed by atoms with Gasteiger partial charge in [-0.15, -0.1) is 0 Å². The van der Waals surface area contributed by atoms with Crippen LogP contribution in [0.3, 0.4) is 0 Å². The molecule has 0 spiro atoms. The fourth-order valence-corrected chi connectivity index (χ4v) is 5.88. The van der Waals surface area contributed by atoms with E-state index in [1.807, 2.05) is 24.3 Å². The summed E-state index contributed by atoms with van der Waals surface area (Å²) in [5, 5.41) is 6.69. The van der Waals surface area contributed by atoms with Gasteiger partial charge >= 0.3 is 0 Å². The van der Waals surface area contributed by atoms with Crippen LogP contribution in [0, 0.1) is 24.5 Å². The van der Waals surface area contributed by atoms with Crippen LogP contribution in [0.1, 0.15) is 42.3 Å². The van der Waals surface area contributed by atoms with Gasteiger partial charge in [0, 0.05) is 36.3 Å². The number of hydrogen-bond donors (Lipinski definition) is 1. The molecule has 1 aliphatic heterocycles. The third-order valence-electron chi connectivity index (χ3n) is 6.26. The average molecular weight is 516 g/mol. The number of halogens is 2. The Morgan fingerprint density at radius 2 is 1.83 bits per heavy atom. The summed E-state index contributed by atoms with van der Waals surface area (Å²) in [5.41, 5.74) is 2.13. The number of rotatable bonds is 7. The maximum Gasteiger partial charge on any atom is 0.248 e. The lowest BCUT2D eigenvalue weighted by atomic mass is 9.97. The molecule has 1 fully saturated rings. The van der Waals surface area contributed by atoms with Gasteiger partial charge in [0.25, 0.3) is 0 Å². The minimum Gasteiger partial charge on any atom is -0.355 e. The molecule has 3 aromatic rings. The molecular formula is C26H27F2N3O4S. The van der Waals surface area contributed by atoms with E-state index < -0.39 is 21.7 Å². The van der Waals surface area contributed by atoms with Gasteiger partial charge in [-0.3, -0.25) is 4.79 Å². The molecule has 1 amide bonds. The molecule has 7 nitrogen and oxygen atoms in total. The molecule has 10 heteroatoms. The van der Waals surface area contributed by atoms with E-state index in [2.05, 4.69) is 17.4 Å². The molecule has 190 valence electrons. The zero-order valence-electron chi connectivity index (χ0n) is 20.0. The Morgan fingerprint density at radius 3 is 2.47 bits per heavy atom. The van der Waals surface area contributed by atoms with E-state index >= 15 is 0 Å². The second kappa shape index (κ2) is 10.7. The van der Waals surface area contributed by atoms with Gasteiger partial charge < -0.3 is 9.84 Å². The molecular weight excluding hydrogens is 488 g/mol. The summed E-state index contributed by atoms with van der Waals surface area (Å²) in [6, 6.07) is 10.7. The van der Waals surface area contributed by atoms with Gasteiger partial charge in [0.15, 0.2) is 10.7 Å². The van der Waals surface area contributed by atoms with Crippen molar-refractivity contribution in [2.24, 2.45) is 5.92 Å². The molecule has 0 atom stereocenters. The Morgan fingerprint density at radius 1 is 1.14 bits per heavy atom. The number of nitrogens with zero attached hydrogens (tertiary/aromatic N) is 2. The van der Waals surface area contributed by atoms with Gasteiger partial charge in [0.05, 0.1) is 0 Å². The van der Waals surface area contributed by atoms with Crippen LogP contribution >= 0.6 is 0 Å². The van der Waals surface area contributed by atoms with Crippen molar-refractivity contribution in [3.05, 3.63) is 76.7 Å². The van der Waals surface area contributed by atoms with Crippen LogP contribution in [0.15, 0.2) is 51.9 Å². The van der Waals surface area contributed by atoms with E-state index in [4.69, 9.17) is 4.52 Å². The summed E-state index contributed by atoms with van der Waals surface area (Å²) in [5.74, 6) is -2.00. The minimum absolute atomic E-state index is 0.0494. The van der Waals surface area contributed by atoms with Crippen molar-refractivity contribution in [3.63, 3.8) is 0 Å². The highest BCUT2D eigenvalue weighted by Crippen LogP contribution is 2.30. The first-order valence-corrected chi connectivity index (χ1v) is 13.1. The molecule has 0 radical (unpaired) electrons. The normalized spacial score (nSPS) is 15.4. The van der Waals surface area contributed by atoms with E-state index in [9.17, 15) is 22.0 Å². The Labute approximate surface area is 208 Å². The third kappa shape index (κ3) is 5.55. The van der Waals surface area contributed by atoms with Crippen LogP contribution in [0.2, 0.25) is 0 Å². The highest BCUT2D eigenvalue weighted by atomic mass is 32.2. The molecule has 1 N–H and O–H groups in total. The van der Waals surface area contributed by atoms with Crippen molar-refractivity contribution < 1.29 is 26.5 Å². The smallest absolute Gasteiger partial charge is 0.248 e. The number of nitrogens with one attached hydrogen (secondary N) is 1. The second-order valence-corrected chi connectivity index (χ2v) is 10.6. The summed E-state index contributed by atoms with van der Waals surface area (Å²) in [4.78, 5) is 12.6. The van der Waals surface area contributed by atoms with E-state index in [0.29, 0.717) is 18.5 Å². The lowest BCUT2D eigenvalue weighted by Crippen LogP contribution is -2.41. The molecule has 0 bridgehead atoms. The first-order chi connectivity index (χ1) is 17.2. The first kappa shape index (κ1) is 25.7. The molecule has 0 aliphatic carbocycles. The Hall–Kier alpha value is -3.37. The maximum atomic E-state index is 14.0. The van der Waals surface area contributed by atoms with Crippen LogP contribution in [0.25, 0.3) is 12.2 Å². The summed E-state index contributed by atoms with van der Waals surface area (Å²) in [6.45, 7) is 3.89. The van der Waals surface area contributed by atoms with Crippen molar-refractivity contribution in [3.8, 4) is 0 Å². The molecule has 0 unspecified atom stereocenters. The van der Waals surface area contributed by atoms with Crippen molar-refractivity contribution in [1.82, 2.24) is 9.46 Å². The molecule has 1 aromatic heterocycles. The van der Waals surface area contributed by atoms with Gasteiger partial charge in [-0.05, 0) is 68.2 Å². The monoisotopic (exact) mass is 515 g/mol. The number of hydrogen-bond acceptors (Lipinski definition) is 5. The van der Waals surface area contributed by atoms with Gasteiger partial charge in [0.1, 0.15) is 17.3 Å². The average Bonchev–Trinajstić information content (AvgIpc) is 3.25. The Kier molecular flexibility index (Phi) is 7.65. The maximum absolute atomic E-state index is 14.0. The molecule has 4 rings (SSSR count). The van der Waals surface area contributed by atoms with Crippen molar-refractivity contribution in [2.75, 3.05) is 18.4 Å². The lowest BCUT2D eigenvalue weighted by molar-refractivity contribution is -0.120. The summed E-state index contributed by atoms with van der Waals surface area (Å²) in [7, 11) is -3.98. The van der Waals surface area contributed by atoms with E-state index in [-0.39, 0.29) is 46.8 Å². The molecule has 1 aliphatic rings. The predicted octanol–water partition coefficient (Wildman–Crippen LogP) is 5.03. The fraction of sp³-hybridized carbons (Fsp3) is 0.308. The quantitative estimate of drug-likeness (QED) is 0.476. The number of carbonyl (C=O) groups excluding carboxylic acids is 1. The number of piperidine rings is 1. The Balaban J connectivity index is 1.44. The molecule has 1 saturated heterocycles. The largest absolute Gasteiger partial charge is 0.355 e. The van der Waals surface area contributed by atoms with Gasteiger partial charge in [-0.1, -0.05) is 24.2 Å². The fourth-order valence-electron chi connectivity index (χ4n) is 4.16. The van der Waals surface area contributed by atoms with Crippen LogP contribution in [0.4, 0.5) is 14.5 Å². The standard InChI is InChI=1S/C26H27F2N3O4S/c1-3-18-4-9-22(10-5-18)29-26(32)20-12-14-31(15-13-20)36(33,34)25-17(2)30-35-24(25)11-7-19-6-8-21(27)16-23(19)28/h4-11,16,20H,3,12-15H2,1-2H3,(H,29,32). The first-order valence-electron chi connectivity index (χ1n) is 11.7. The SMILES string of the molecule is CCc1ccc(NC(=O)C2CCN(S(=O)(=O)c3c(C)noc3C=Cc3ccc(F)cc3F)CC2)cc1. The van der Waals surface area contributed by atoms with Crippen LogP contribution in [-0.4, -0.2) is 36.9 Å². The second-order valence-electron chi connectivity index (χ2n) is 8.68. The highest BCUT2D eigenvalue weighted by molar-refractivity contribution is 7.89. The Bertz CT molecular complexity index is 1380.